The SMILES string of the molecule is CC(=O)c1ccc(OCc2cccc(Cl)c2)cc1N. The molecule has 0 bridgehead atoms. The molecule has 0 heterocycles. The van der Waals surface area contributed by atoms with Crippen molar-refractivity contribution >= 4 is 23.1 Å². The van der Waals surface area contributed by atoms with Crippen molar-refractivity contribution in [2.24, 2.45) is 0 Å². The molecule has 3 nitrogen and oxygen atoms in total. The van der Waals surface area contributed by atoms with Crippen LogP contribution in [0, 0.1) is 0 Å². The Morgan fingerprint density at radius 2 is 2.05 bits per heavy atom. The number of carbonyl (C=O) groups is 1. The summed E-state index contributed by atoms with van der Waals surface area (Å²) in [6, 6.07) is 12.5. The molecular weight excluding hydrogens is 262 g/mol. The molecular formula is C15H14ClNO2. The number of anilines is 1. The maximum Gasteiger partial charge on any atom is 0.161 e. The smallest absolute Gasteiger partial charge is 0.161 e. The van der Waals surface area contributed by atoms with Crippen LogP contribution in [0.2, 0.25) is 5.02 Å². The molecule has 0 fully saturated rings. The number of carbonyl (C=O) groups excluding carboxylic acids is 1. The van der Waals surface area contributed by atoms with Crippen LogP contribution in [0.1, 0.15) is 22.8 Å². The van der Waals surface area contributed by atoms with Crippen molar-refractivity contribution < 1.29 is 9.53 Å². The minimum Gasteiger partial charge on any atom is -0.489 e. The molecule has 4 heteroatoms. The monoisotopic (exact) mass is 275 g/mol. The minimum absolute atomic E-state index is 0.0566. The van der Waals surface area contributed by atoms with Crippen molar-refractivity contribution in [2.75, 3.05) is 5.73 Å². The summed E-state index contributed by atoms with van der Waals surface area (Å²) in [6.07, 6.45) is 0. The van der Waals surface area contributed by atoms with Gasteiger partial charge in [-0.15, -0.1) is 0 Å². The standard InChI is InChI=1S/C15H14ClNO2/c1-10(18)14-6-5-13(8-15(14)17)19-9-11-3-2-4-12(16)7-11/h2-8H,9,17H2,1H3. The number of nitrogen functional groups attached to an aromatic ring is 1. The normalized spacial score (nSPS) is 10.2. The lowest BCUT2D eigenvalue weighted by Gasteiger charge is -2.09. The molecule has 2 N–H and O–H groups in total. The van der Waals surface area contributed by atoms with E-state index in [9.17, 15) is 4.79 Å². The Hall–Kier alpha value is -2.00. The first-order valence-corrected chi connectivity index (χ1v) is 6.22. The van der Waals surface area contributed by atoms with Crippen LogP contribution in [0.25, 0.3) is 0 Å². The van der Waals surface area contributed by atoms with Crippen LogP contribution in [0.5, 0.6) is 5.75 Å². The Morgan fingerprint density at radius 1 is 1.26 bits per heavy atom. The maximum absolute atomic E-state index is 11.3. The second-order valence-electron chi connectivity index (χ2n) is 4.22. The number of ketones is 1. The predicted octanol–water partition coefficient (Wildman–Crippen LogP) is 3.70. The number of ether oxygens (including phenoxy) is 1. The van der Waals surface area contributed by atoms with Gasteiger partial charge in [-0.25, -0.2) is 0 Å². The fourth-order valence-corrected chi connectivity index (χ4v) is 1.96. The highest BCUT2D eigenvalue weighted by Gasteiger charge is 2.06. The largest absolute Gasteiger partial charge is 0.489 e. The molecule has 19 heavy (non-hydrogen) atoms. The summed E-state index contributed by atoms with van der Waals surface area (Å²) in [5.74, 6) is 0.571. The van der Waals surface area contributed by atoms with Gasteiger partial charge in [0.15, 0.2) is 5.78 Å². The van der Waals surface area contributed by atoms with E-state index in [1.807, 2.05) is 24.3 Å². The summed E-state index contributed by atoms with van der Waals surface area (Å²) in [5.41, 5.74) is 7.70. The lowest BCUT2D eigenvalue weighted by Crippen LogP contribution is -2.01. The Labute approximate surface area is 117 Å². The average Bonchev–Trinajstić information content (AvgIpc) is 2.36. The van der Waals surface area contributed by atoms with Crippen LogP contribution >= 0.6 is 11.6 Å². The molecule has 0 saturated carbocycles. The van der Waals surface area contributed by atoms with Crippen LogP contribution in [-0.4, -0.2) is 5.78 Å². The van der Waals surface area contributed by atoms with E-state index in [2.05, 4.69) is 0 Å². The highest BCUT2D eigenvalue weighted by molar-refractivity contribution is 6.30. The van der Waals surface area contributed by atoms with Gasteiger partial charge in [-0.05, 0) is 36.8 Å². The van der Waals surface area contributed by atoms with Gasteiger partial charge in [0.05, 0.1) is 0 Å². The summed E-state index contributed by atoms with van der Waals surface area (Å²) in [4.78, 5) is 11.3. The van der Waals surface area contributed by atoms with Gasteiger partial charge in [0.1, 0.15) is 12.4 Å². The van der Waals surface area contributed by atoms with Gasteiger partial charge in [0, 0.05) is 22.3 Å². The molecule has 2 aromatic carbocycles. The van der Waals surface area contributed by atoms with Gasteiger partial charge >= 0.3 is 0 Å². The summed E-state index contributed by atoms with van der Waals surface area (Å²) in [5, 5.41) is 0.674. The second-order valence-corrected chi connectivity index (χ2v) is 4.66. The first-order valence-electron chi connectivity index (χ1n) is 5.84. The molecule has 2 rings (SSSR count). The van der Waals surface area contributed by atoms with Crippen LogP contribution in [0.4, 0.5) is 5.69 Å². The summed E-state index contributed by atoms with van der Waals surface area (Å²) in [7, 11) is 0. The molecule has 0 radical (unpaired) electrons. The number of rotatable bonds is 4. The molecule has 0 unspecified atom stereocenters. The zero-order valence-corrected chi connectivity index (χ0v) is 11.3. The van der Waals surface area contributed by atoms with Crippen LogP contribution in [0.15, 0.2) is 42.5 Å². The second kappa shape index (κ2) is 5.76. The lowest BCUT2D eigenvalue weighted by atomic mass is 10.1. The molecule has 2 aromatic rings. The predicted molar refractivity (Wildman–Crippen MR) is 76.6 cm³/mol. The third kappa shape index (κ3) is 3.48. The van der Waals surface area contributed by atoms with Crippen LogP contribution in [-0.2, 0) is 6.61 Å². The third-order valence-corrected chi connectivity index (χ3v) is 2.93. The van der Waals surface area contributed by atoms with E-state index < -0.39 is 0 Å². The van der Waals surface area contributed by atoms with Crippen molar-refractivity contribution in [3.8, 4) is 5.75 Å². The van der Waals surface area contributed by atoms with E-state index in [0.717, 1.165) is 5.56 Å². The topological polar surface area (TPSA) is 52.3 Å². The van der Waals surface area contributed by atoms with E-state index >= 15 is 0 Å². The Bertz CT molecular complexity index is 611. The fraction of sp³-hybridized carbons (Fsp3) is 0.133. The van der Waals surface area contributed by atoms with Crippen molar-refractivity contribution in [3.05, 3.63) is 58.6 Å². The Kier molecular flexibility index (Phi) is 4.07. The fourth-order valence-electron chi connectivity index (χ4n) is 1.74. The molecule has 98 valence electrons. The highest BCUT2D eigenvalue weighted by atomic mass is 35.5. The first kappa shape index (κ1) is 13.4. The number of Topliss-reactive ketones (excluding diaryl/α,β-unsaturated/α-hetero) is 1. The average molecular weight is 276 g/mol. The van der Waals surface area contributed by atoms with Gasteiger partial charge in [-0.2, -0.15) is 0 Å². The number of hydrogen-bond acceptors (Lipinski definition) is 3. The number of benzene rings is 2. The van der Waals surface area contributed by atoms with Crippen LogP contribution < -0.4 is 10.5 Å². The first-order chi connectivity index (χ1) is 9.06. The number of hydrogen-bond donors (Lipinski definition) is 1. The molecule has 0 aliphatic rings. The van der Waals surface area contributed by atoms with Gasteiger partial charge in [-0.3, -0.25) is 4.79 Å². The van der Waals surface area contributed by atoms with Gasteiger partial charge in [0.25, 0.3) is 0 Å². The minimum atomic E-state index is -0.0566. The van der Waals surface area contributed by atoms with E-state index in [1.165, 1.54) is 6.92 Å². The van der Waals surface area contributed by atoms with E-state index in [0.29, 0.717) is 28.6 Å². The van der Waals surface area contributed by atoms with Crippen LogP contribution in [0.3, 0.4) is 0 Å². The molecule has 0 aliphatic heterocycles. The zero-order valence-electron chi connectivity index (χ0n) is 10.5. The van der Waals surface area contributed by atoms with E-state index in [-0.39, 0.29) is 5.78 Å². The Balaban J connectivity index is 2.08. The molecule has 0 atom stereocenters. The quantitative estimate of drug-likeness (QED) is 0.684. The number of halogens is 1. The molecule has 0 saturated heterocycles. The maximum atomic E-state index is 11.3. The van der Waals surface area contributed by atoms with Gasteiger partial charge < -0.3 is 10.5 Å². The molecule has 0 aliphatic carbocycles. The van der Waals surface area contributed by atoms with Crippen molar-refractivity contribution in [1.82, 2.24) is 0 Å². The van der Waals surface area contributed by atoms with Crippen molar-refractivity contribution in [1.29, 1.82) is 0 Å². The molecule has 0 amide bonds. The zero-order chi connectivity index (χ0) is 13.8. The summed E-state index contributed by atoms with van der Waals surface area (Å²) < 4.78 is 5.61. The van der Waals surface area contributed by atoms with Gasteiger partial charge in [0.2, 0.25) is 0 Å². The summed E-state index contributed by atoms with van der Waals surface area (Å²) >= 11 is 5.89. The Morgan fingerprint density at radius 3 is 2.68 bits per heavy atom. The van der Waals surface area contributed by atoms with Gasteiger partial charge in [-0.1, -0.05) is 23.7 Å². The van der Waals surface area contributed by atoms with Crippen molar-refractivity contribution in [2.45, 2.75) is 13.5 Å². The van der Waals surface area contributed by atoms with E-state index in [1.54, 1.807) is 18.2 Å². The van der Waals surface area contributed by atoms with E-state index in [4.69, 9.17) is 22.1 Å². The van der Waals surface area contributed by atoms with Crippen molar-refractivity contribution in [3.63, 3.8) is 0 Å². The number of nitrogens with two attached hydrogens (primary N) is 1. The lowest BCUT2D eigenvalue weighted by molar-refractivity contribution is 0.101. The summed E-state index contributed by atoms with van der Waals surface area (Å²) in [6.45, 7) is 1.89. The highest BCUT2D eigenvalue weighted by Crippen LogP contribution is 2.21. The third-order valence-electron chi connectivity index (χ3n) is 2.70. The molecule has 0 aromatic heterocycles. The molecule has 0 spiro atoms.